The van der Waals surface area contributed by atoms with Gasteiger partial charge in [-0.25, -0.2) is 4.79 Å². The molecule has 0 unspecified atom stereocenters. The molecule has 0 spiro atoms. The average molecular weight is 267 g/mol. The van der Waals surface area contributed by atoms with Crippen LogP contribution in [0.5, 0.6) is 0 Å². The molecule has 0 bridgehead atoms. The van der Waals surface area contributed by atoms with E-state index in [1.165, 1.54) is 0 Å². The van der Waals surface area contributed by atoms with Gasteiger partial charge in [0.2, 0.25) is 5.91 Å². The van der Waals surface area contributed by atoms with Gasteiger partial charge >= 0.3 is 5.97 Å². The Kier molecular flexibility index (Phi) is 4.51. The fourth-order valence-electron chi connectivity index (χ4n) is 2.09. The molecular formula is C12H17N3O4. The number of carboxylic acids is 1. The van der Waals surface area contributed by atoms with Crippen molar-refractivity contribution in [3.63, 3.8) is 0 Å². The number of aliphatic carboxylic acids is 1. The molecule has 104 valence electrons. The van der Waals surface area contributed by atoms with E-state index in [-0.39, 0.29) is 25.2 Å². The lowest BCUT2D eigenvalue weighted by molar-refractivity contribution is -0.147. The molecule has 2 heterocycles. The average Bonchev–Trinajstić information content (AvgIpc) is 2.89. The van der Waals surface area contributed by atoms with E-state index in [1.54, 1.807) is 28.0 Å². The van der Waals surface area contributed by atoms with E-state index in [0.29, 0.717) is 25.9 Å². The van der Waals surface area contributed by atoms with Crippen molar-refractivity contribution >= 4 is 11.9 Å². The number of rotatable bonds is 5. The zero-order chi connectivity index (χ0) is 13.7. The van der Waals surface area contributed by atoms with Crippen LogP contribution in [0.4, 0.5) is 0 Å². The number of aromatic nitrogens is 2. The maximum atomic E-state index is 12.0. The Bertz CT molecular complexity index is 424. The van der Waals surface area contributed by atoms with E-state index in [9.17, 15) is 9.59 Å². The summed E-state index contributed by atoms with van der Waals surface area (Å²) in [7, 11) is 0. The van der Waals surface area contributed by atoms with Crippen molar-refractivity contribution in [2.24, 2.45) is 0 Å². The van der Waals surface area contributed by atoms with E-state index in [4.69, 9.17) is 9.84 Å². The van der Waals surface area contributed by atoms with Crippen molar-refractivity contribution in [3.05, 3.63) is 18.5 Å². The number of carbonyl (C=O) groups is 2. The van der Waals surface area contributed by atoms with Crippen LogP contribution < -0.4 is 0 Å². The Morgan fingerprint density at radius 2 is 2.11 bits per heavy atom. The van der Waals surface area contributed by atoms with Gasteiger partial charge in [-0.2, -0.15) is 5.10 Å². The molecule has 7 nitrogen and oxygen atoms in total. The summed E-state index contributed by atoms with van der Waals surface area (Å²) in [5, 5.41) is 12.5. The van der Waals surface area contributed by atoms with Crippen LogP contribution in [0.1, 0.15) is 12.8 Å². The van der Waals surface area contributed by atoms with Crippen LogP contribution in [0.2, 0.25) is 0 Å². The number of piperidine rings is 1. The molecule has 1 amide bonds. The highest BCUT2D eigenvalue weighted by Gasteiger charge is 2.23. The second kappa shape index (κ2) is 6.33. The van der Waals surface area contributed by atoms with E-state index in [2.05, 4.69) is 5.10 Å². The summed E-state index contributed by atoms with van der Waals surface area (Å²) < 4.78 is 6.82. The van der Waals surface area contributed by atoms with Crippen LogP contribution >= 0.6 is 0 Å². The first-order valence-corrected chi connectivity index (χ1v) is 6.24. The number of carboxylic acid groups (broad SMARTS) is 1. The number of amides is 1. The van der Waals surface area contributed by atoms with Crippen LogP contribution in [0.25, 0.3) is 0 Å². The SMILES string of the molecule is O=C(O)COC1CCN(C(=O)Cn2cccn2)CC1. The van der Waals surface area contributed by atoms with Gasteiger partial charge in [0, 0.05) is 25.5 Å². The fraction of sp³-hybridized carbons (Fsp3) is 0.583. The molecule has 1 aliphatic rings. The molecule has 1 aliphatic heterocycles. The lowest BCUT2D eigenvalue weighted by Crippen LogP contribution is -2.42. The minimum atomic E-state index is -0.961. The molecule has 2 rings (SSSR count). The third-order valence-electron chi connectivity index (χ3n) is 3.09. The predicted octanol–water partition coefficient (Wildman–Crippen LogP) is -0.0247. The quantitative estimate of drug-likeness (QED) is 0.810. The smallest absolute Gasteiger partial charge is 0.329 e. The van der Waals surface area contributed by atoms with Crippen molar-refractivity contribution in [2.45, 2.75) is 25.5 Å². The fourth-order valence-corrected chi connectivity index (χ4v) is 2.09. The van der Waals surface area contributed by atoms with Gasteiger partial charge in [-0.1, -0.05) is 0 Å². The number of ether oxygens (including phenoxy) is 1. The number of nitrogens with zero attached hydrogens (tertiary/aromatic N) is 3. The van der Waals surface area contributed by atoms with Crippen molar-refractivity contribution < 1.29 is 19.4 Å². The van der Waals surface area contributed by atoms with Crippen LogP contribution in [-0.2, 0) is 20.9 Å². The first-order valence-electron chi connectivity index (χ1n) is 6.24. The molecule has 0 atom stereocenters. The van der Waals surface area contributed by atoms with Crippen molar-refractivity contribution in [1.82, 2.24) is 14.7 Å². The molecule has 0 aliphatic carbocycles. The molecule has 0 radical (unpaired) electrons. The molecule has 1 N–H and O–H groups in total. The van der Waals surface area contributed by atoms with Gasteiger partial charge in [-0.15, -0.1) is 0 Å². The first kappa shape index (κ1) is 13.5. The third kappa shape index (κ3) is 4.06. The number of hydrogen-bond donors (Lipinski definition) is 1. The summed E-state index contributed by atoms with van der Waals surface area (Å²) in [5.74, 6) is -0.933. The summed E-state index contributed by atoms with van der Waals surface area (Å²) in [6.45, 7) is 1.17. The second-order valence-corrected chi connectivity index (χ2v) is 4.49. The highest BCUT2D eigenvalue weighted by atomic mass is 16.5. The summed E-state index contributed by atoms with van der Waals surface area (Å²) in [4.78, 5) is 24.1. The summed E-state index contributed by atoms with van der Waals surface area (Å²) in [6, 6.07) is 1.78. The van der Waals surface area contributed by atoms with Gasteiger partial charge < -0.3 is 14.7 Å². The van der Waals surface area contributed by atoms with Crippen molar-refractivity contribution in [2.75, 3.05) is 19.7 Å². The van der Waals surface area contributed by atoms with E-state index in [0.717, 1.165) is 0 Å². The van der Waals surface area contributed by atoms with Crippen LogP contribution in [-0.4, -0.2) is 57.5 Å². The molecular weight excluding hydrogens is 250 g/mol. The topological polar surface area (TPSA) is 84.7 Å². The van der Waals surface area contributed by atoms with Crippen LogP contribution in [0, 0.1) is 0 Å². The van der Waals surface area contributed by atoms with Gasteiger partial charge in [-0.05, 0) is 18.9 Å². The molecule has 19 heavy (non-hydrogen) atoms. The maximum Gasteiger partial charge on any atom is 0.329 e. The first-order chi connectivity index (χ1) is 9.15. The molecule has 7 heteroatoms. The molecule has 1 fully saturated rings. The highest BCUT2D eigenvalue weighted by molar-refractivity contribution is 5.76. The Morgan fingerprint density at radius 1 is 1.37 bits per heavy atom. The largest absolute Gasteiger partial charge is 0.480 e. The minimum Gasteiger partial charge on any atom is -0.480 e. The lowest BCUT2D eigenvalue weighted by Gasteiger charge is -2.31. The zero-order valence-corrected chi connectivity index (χ0v) is 10.6. The second-order valence-electron chi connectivity index (χ2n) is 4.49. The van der Waals surface area contributed by atoms with E-state index < -0.39 is 5.97 Å². The lowest BCUT2D eigenvalue weighted by atomic mass is 10.1. The number of likely N-dealkylation sites (tertiary alicyclic amines) is 1. The van der Waals surface area contributed by atoms with Gasteiger partial charge in [0.05, 0.1) is 6.10 Å². The highest BCUT2D eigenvalue weighted by Crippen LogP contribution is 2.14. The van der Waals surface area contributed by atoms with E-state index in [1.807, 2.05) is 0 Å². The maximum absolute atomic E-state index is 12.0. The van der Waals surface area contributed by atoms with Gasteiger partial charge in [0.25, 0.3) is 0 Å². The minimum absolute atomic E-state index is 0.0281. The summed E-state index contributed by atoms with van der Waals surface area (Å²) in [5.41, 5.74) is 0. The zero-order valence-electron chi connectivity index (χ0n) is 10.6. The third-order valence-corrected chi connectivity index (χ3v) is 3.09. The molecule has 0 saturated carbocycles. The molecule has 1 aromatic rings. The van der Waals surface area contributed by atoms with E-state index >= 15 is 0 Å². The standard InChI is InChI=1S/C12H17N3O4/c16-11(8-15-5-1-4-13-15)14-6-2-10(3-7-14)19-9-12(17)18/h1,4-5,10H,2-3,6-9H2,(H,17,18). The summed E-state index contributed by atoms with van der Waals surface area (Å²) >= 11 is 0. The van der Waals surface area contributed by atoms with Gasteiger partial charge in [0.15, 0.2) is 0 Å². The molecule has 0 aromatic carbocycles. The predicted molar refractivity (Wildman–Crippen MR) is 65.4 cm³/mol. The Morgan fingerprint density at radius 3 is 2.68 bits per heavy atom. The molecule has 1 aromatic heterocycles. The monoisotopic (exact) mass is 267 g/mol. The van der Waals surface area contributed by atoms with Crippen LogP contribution in [0.15, 0.2) is 18.5 Å². The van der Waals surface area contributed by atoms with Gasteiger partial charge in [0.1, 0.15) is 13.2 Å². The molecule has 1 saturated heterocycles. The normalized spacial score (nSPS) is 16.5. The number of carbonyl (C=O) groups excluding carboxylic acids is 1. The Balaban J connectivity index is 1.73. The Labute approximate surface area is 110 Å². The number of hydrogen-bond acceptors (Lipinski definition) is 4. The van der Waals surface area contributed by atoms with Gasteiger partial charge in [-0.3, -0.25) is 9.48 Å². The summed E-state index contributed by atoms with van der Waals surface area (Å²) in [6.07, 6.45) is 4.68. The van der Waals surface area contributed by atoms with Crippen molar-refractivity contribution in [1.29, 1.82) is 0 Å². The Hall–Kier alpha value is -1.89. The van der Waals surface area contributed by atoms with Crippen LogP contribution in [0.3, 0.4) is 0 Å². The van der Waals surface area contributed by atoms with Crippen molar-refractivity contribution in [3.8, 4) is 0 Å².